The number of fused-ring (bicyclic) bond motifs is 2. The average molecular weight is 425 g/mol. The molecule has 1 spiro atoms. The Hall–Kier alpha value is -2.52. The first-order chi connectivity index (χ1) is 14.7. The van der Waals surface area contributed by atoms with Crippen LogP contribution in [0.15, 0.2) is 23.0 Å². The quantitative estimate of drug-likeness (QED) is 0.681. The molecule has 30 heavy (non-hydrogen) atoms. The number of anilines is 2. The SMILES string of the molecule is Nc1cnc(-c2cc3c(s2)CCOC32CCN(c3noc(C4CCC4)n3)CC2)cn1. The van der Waals surface area contributed by atoms with Crippen molar-refractivity contribution in [3.8, 4) is 10.6 Å². The molecule has 2 fully saturated rings. The molecule has 3 aliphatic rings. The van der Waals surface area contributed by atoms with Crippen molar-refractivity contribution in [1.82, 2.24) is 20.1 Å². The lowest BCUT2D eigenvalue weighted by atomic mass is 9.82. The van der Waals surface area contributed by atoms with Crippen LogP contribution in [-0.4, -0.2) is 39.8 Å². The van der Waals surface area contributed by atoms with Crippen LogP contribution in [0.3, 0.4) is 0 Å². The van der Waals surface area contributed by atoms with Gasteiger partial charge in [-0.25, -0.2) is 9.97 Å². The van der Waals surface area contributed by atoms with Gasteiger partial charge >= 0.3 is 0 Å². The van der Waals surface area contributed by atoms with Crippen LogP contribution in [0.1, 0.15) is 54.4 Å². The van der Waals surface area contributed by atoms with Gasteiger partial charge in [0.05, 0.1) is 35.2 Å². The summed E-state index contributed by atoms with van der Waals surface area (Å²) in [6.45, 7) is 2.47. The zero-order valence-corrected chi connectivity index (χ0v) is 17.5. The van der Waals surface area contributed by atoms with E-state index >= 15 is 0 Å². The fraction of sp³-hybridized carbons (Fsp3) is 0.524. The number of aromatic nitrogens is 4. The molecule has 6 rings (SSSR count). The largest absolute Gasteiger partial charge is 0.382 e. The molecule has 9 heteroatoms. The van der Waals surface area contributed by atoms with Crippen molar-refractivity contribution >= 4 is 23.1 Å². The summed E-state index contributed by atoms with van der Waals surface area (Å²) in [5, 5.41) is 4.25. The van der Waals surface area contributed by atoms with E-state index in [9.17, 15) is 0 Å². The van der Waals surface area contributed by atoms with Gasteiger partial charge in [-0.2, -0.15) is 4.98 Å². The van der Waals surface area contributed by atoms with Gasteiger partial charge in [0.1, 0.15) is 5.82 Å². The van der Waals surface area contributed by atoms with Crippen LogP contribution < -0.4 is 10.6 Å². The van der Waals surface area contributed by atoms with E-state index in [-0.39, 0.29) is 5.60 Å². The van der Waals surface area contributed by atoms with Crippen LogP contribution in [0, 0.1) is 0 Å². The Balaban J connectivity index is 1.22. The van der Waals surface area contributed by atoms with Crippen LogP contribution in [0.4, 0.5) is 11.8 Å². The number of nitrogen functional groups attached to an aromatic ring is 1. The molecular formula is C21H24N6O2S. The summed E-state index contributed by atoms with van der Waals surface area (Å²) in [5.41, 5.74) is 7.64. The Kier molecular flexibility index (Phi) is 4.28. The maximum Gasteiger partial charge on any atom is 0.266 e. The van der Waals surface area contributed by atoms with Gasteiger partial charge in [-0.3, -0.25) is 0 Å². The third kappa shape index (κ3) is 2.99. The first-order valence-electron chi connectivity index (χ1n) is 10.6. The Labute approximate surface area is 178 Å². The molecule has 8 nitrogen and oxygen atoms in total. The van der Waals surface area contributed by atoms with E-state index < -0.39 is 0 Å². The van der Waals surface area contributed by atoms with Crippen molar-refractivity contribution in [1.29, 1.82) is 0 Å². The first kappa shape index (κ1) is 18.3. The number of rotatable bonds is 3. The molecule has 1 aliphatic carbocycles. The number of nitrogens with two attached hydrogens (primary N) is 1. The van der Waals surface area contributed by atoms with E-state index in [2.05, 4.69) is 31.1 Å². The minimum Gasteiger partial charge on any atom is -0.382 e. The summed E-state index contributed by atoms with van der Waals surface area (Å²) < 4.78 is 11.9. The molecule has 1 saturated carbocycles. The second-order valence-corrected chi connectivity index (χ2v) is 9.55. The fourth-order valence-corrected chi connectivity index (χ4v) is 5.86. The minimum absolute atomic E-state index is 0.236. The van der Waals surface area contributed by atoms with Crippen LogP contribution >= 0.6 is 11.3 Å². The molecule has 156 valence electrons. The van der Waals surface area contributed by atoms with Crippen molar-refractivity contribution in [2.75, 3.05) is 30.3 Å². The highest BCUT2D eigenvalue weighted by Gasteiger charge is 2.43. The summed E-state index contributed by atoms with van der Waals surface area (Å²) >= 11 is 1.80. The summed E-state index contributed by atoms with van der Waals surface area (Å²) in [5.74, 6) is 2.44. The zero-order valence-electron chi connectivity index (χ0n) is 16.7. The Bertz CT molecular complexity index is 1050. The highest BCUT2D eigenvalue weighted by Crippen LogP contribution is 2.46. The highest BCUT2D eigenvalue weighted by atomic mass is 32.1. The van der Waals surface area contributed by atoms with E-state index in [1.54, 1.807) is 23.7 Å². The van der Waals surface area contributed by atoms with Gasteiger partial charge in [-0.05, 0) is 42.5 Å². The Morgan fingerprint density at radius 2 is 2.03 bits per heavy atom. The normalized spacial score (nSPS) is 20.9. The predicted molar refractivity (Wildman–Crippen MR) is 113 cm³/mol. The molecular weight excluding hydrogens is 400 g/mol. The molecule has 0 radical (unpaired) electrons. The third-order valence-electron chi connectivity index (χ3n) is 6.67. The zero-order chi connectivity index (χ0) is 20.1. The van der Waals surface area contributed by atoms with Crippen LogP contribution in [-0.2, 0) is 16.8 Å². The maximum atomic E-state index is 6.42. The maximum absolute atomic E-state index is 6.42. The molecule has 2 N–H and O–H groups in total. The molecule has 1 saturated heterocycles. The highest BCUT2D eigenvalue weighted by molar-refractivity contribution is 7.15. The molecule has 3 aromatic rings. The van der Waals surface area contributed by atoms with Crippen molar-refractivity contribution in [2.45, 2.75) is 50.0 Å². The van der Waals surface area contributed by atoms with Gasteiger partial charge in [0.25, 0.3) is 5.95 Å². The molecule has 0 bridgehead atoms. The van der Waals surface area contributed by atoms with E-state index in [0.717, 1.165) is 61.4 Å². The summed E-state index contributed by atoms with van der Waals surface area (Å²) in [4.78, 5) is 18.1. The number of nitrogens with zero attached hydrogens (tertiary/aromatic N) is 5. The topological polar surface area (TPSA) is 103 Å². The molecule has 0 aromatic carbocycles. The summed E-state index contributed by atoms with van der Waals surface area (Å²) in [6.07, 6.45) is 9.73. The van der Waals surface area contributed by atoms with Gasteiger partial charge in [0.15, 0.2) is 0 Å². The minimum atomic E-state index is -0.236. The van der Waals surface area contributed by atoms with E-state index in [1.165, 1.54) is 29.7 Å². The molecule has 0 unspecified atom stereocenters. The molecule has 0 amide bonds. The number of thiophene rings is 1. The van der Waals surface area contributed by atoms with E-state index in [0.29, 0.717) is 11.7 Å². The summed E-state index contributed by atoms with van der Waals surface area (Å²) in [6, 6.07) is 2.25. The molecule has 3 aromatic heterocycles. The van der Waals surface area contributed by atoms with E-state index in [1.807, 2.05) is 0 Å². The van der Waals surface area contributed by atoms with Crippen molar-refractivity contribution in [2.24, 2.45) is 0 Å². The predicted octanol–water partition coefficient (Wildman–Crippen LogP) is 3.51. The first-order valence-corrected chi connectivity index (χ1v) is 11.5. The lowest BCUT2D eigenvalue weighted by molar-refractivity contribution is -0.0758. The van der Waals surface area contributed by atoms with Crippen LogP contribution in [0.5, 0.6) is 0 Å². The second-order valence-electron chi connectivity index (χ2n) is 8.41. The van der Waals surface area contributed by atoms with Gasteiger partial charge in [0.2, 0.25) is 5.89 Å². The number of piperidine rings is 1. The smallest absolute Gasteiger partial charge is 0.266 e. The molecule has 5 heterocycles. The van der Waals surface area contributed by atoms with Crippen molar-refractivity contribution in [3.63, 3.8) is 0 Å². The van der Waals surface area contributed by atoms with Gasteiger partial charge in [-0.1, -0.05) is 6.42 Å². The third-order valence-corrected chi connectivity index (χ3v) is 7.89. The van der Waals surface area contributed by atoms with Crippen LogP contribution in [0.2, 0.25) is 0 Å². The number of hydrogen-bond acceptors (Lipinski definition) is 9. The lowest BCUT2D eigenvalue weighted by Gasteiger charge is -2.43. The standard InChI is InChI=1S/C21H24N6O2S/c22-18-12-23-15(11-24-18)17-10-14-16(30-17)4-9-28-21(14)5-7-27(8-6-21)20-25-19(29-26-20)13-2-1-3-13/h10-13H,1-9H2,(H2,22,24). The lowest BCUT2D eigenvalue weighted by Crippen LogP contribution is -2.46. The number of ether oxygens (including phenoxy) is 1. The van der Waals surface area contributed by atoms with Gasteiger partial charge < -0.3 is 19.9 Å². The van der Waals surface area contributed by atoms with Crippen molar-refractivity contribution < 1.29 is 9.26 Å². The van der Waals surface area contributed by atoms with Gasteiger partial charge in [0, 0.05) is 30.3 Å². The Morgan fingerprint density at radius 3 is 2.77 bits per heavy atom. The molecule has 0 atom stereocenters. The average Bonchev–Trinajstić information content (AvgIpc) is 3.37. The number of hydrogen-bond donors (Lipinski definition) is 1. The van der Waals surface area contributed by atoms with E-state index in [4.69, 9.17) is 15.0 Å². The van der Waals surface area contributed by atoms with Crippen LogP contribution in [0.25, 0.3) is 10.6 Å². The van der Waals surface area contributed by atoms with Gasteiger partial charge in [-0.15, -0.1) is 11.3 Å². The Morgan fingerprint density at radius 1 is 1.17 bits per heavy atom. The monoisotopic (exact) mass is 424 g/mol. The second kappa shape index (κ2) is 7.02. The van der Waals surface area contributed by atoms with Crippen molar-refractivity contribution in [3.05, 3.63) is 34.8 Å². The fourth-order valence-electron chi connectivity index (χ4n) is 4.67. The summed E-state index contributed by atoms with van der Waals surface area (Å²) in [7, 11) is 0. The molecule has 2 aliphatic heterocycles.